The maximum absolute atomic E-state index is 14.3. The van der Waals surface area contributed by atoms with E-state index in [2.05, 4.69) is 6.08 Å². The van der Waals surface area contributed by atoms with Crippen LogP contribution in [0, 0.1) is 11.8 Å². The largest absolute Gasteiger partial charge is 0.394 e. The molecule has 1 aromatic carbocycles. The second-order valence-corrected chi connectivity index (χ2v) is 12.5. The first-order chi connectivity index (χ1) is 17.2. The highest BCUT2D eigenvalue weighted by molar-refractivity contribution is 8.02. The number of hydrogen-bond donors (Lipinski definition) is 1. The summed E-state index contributed by atoms with van der Waals surface area (Å²) in [7, 11) is 0. The van der Waals surface area contributed by atoms with E-state index in [4.69, 9.17) is 0 Å². The third-order valence-corrected chi connectivity index (χ3v) is 10.1. The minimum atomic E-state index is -0.889. The number of anilines is 1. The zero-order chi connectivity index (χ0) is 25.8. The van der Waals surface area contributed by atoms with Crippen molar-refractivity contribution >= 4 is 35.2 Å². The Labute approximate surface area is 217 Å². The molecule has 2 fully saturated rings. The second-order valence-electron chi connectivity index (χ2n) is 10.7. The third-order valence-electron chi connectivity index (χ3n) is 8.29. The molecule has 3 amide bonds. The number of likely N-dealkylation sites (tertiary alicyclic amines) is 1. The number of hydrogen-bond acceptors (Lipinski definition) is 5. The molecule has 1 aromatic rings. The molecule has 8 heteroatoms. The van der Waals surface area contributed by atoms with Crippen LogP contribution in [0.4, 0.5) is 5.69 Å². The van der Waals surface area contributed by atoms with Gasteiger partial charge in [-0.2, -0.15) is 0 Å². The molecule has 4 heterocycles. The Balaban J connectivity index is 1.67. The summed E-state index contributed by atoms with van der Waals surface area (Å²) in [6.07, 6.45) is 8.63. The molecule has 7 nitrogen and oxygen atoms in total. The van der Waals surface area contributed by atoms with Crippen LogP contribution in [0.5, 0.6) is 0 Å². The van der Waals surface area contributed by atoms with Crippen molar-refractivity contribution in [3.63, 3.8) is 0 Å². The van der Waals surface area contributed by atoms with Gasteiger partial charge in [0.15, 0.2) is 0 Å². The van der Waals surface area contributed by atoms with Gasteiger partial charge >= 0.3 is 0 Å². The third kappa shape index (κ3) is 3.48. The van der Waals surface area contributed by atoms with Crippen molar-refractivity contribution in [1.82, 2.24) is 9.80 Å². The number of para-hydroxylation sites is 1. The normalized spacial score (nSPS) is 34.6. The monoisotopic (exact) mass is 509 g/mol. The van der Waals surface area contributed by atoms with E-state index in [1.807, 2.05) is 76.3 Å². The van der Waals surface area contributed by atoms with Crippen LogP contribution in [0.2, 0.25) is 0 Å². The van der Waals surface area contributed by atoms with E-state index >= 15 is 0 Å². The molecule has 36 heavy (non-hydrogen) atoms. The number of rotatable bonds is 5. The maximum atomic E-state index is 14.3. The minimum Gasteiger partial charge on any atom is -0.394 e. The number of carbonyl (C=O) groups is 3. The van der Waals surface area contributed by atoms with E-state index in [0.29, 0.717) is 19.5 Å². The van der Waals surface area contributed by atoms with Gasteiger partial charge in [0.05, 0.1) is 29.2 Å². The van der Waals surface area contributed by atoms with Crippen LogP contribution in [-0.4, -0.2) is 79.9 Å². The van der Waals surface area contributed by atoms with Gasteiger partial charge in [-0.25, -0.2) is 0 Å². The summed E-state index contributed by atoms with van der Waals surface area (Å²) in [5.41, 5.74) is 0.793. The fraction of sp³-hybridized carbons (Fsp3) is 0.536. The Bertz CT molecular complexity index is 1120. The molecule has 0 aliphatic carbocycles. The summed E-state index contributed by atoms with van der Waals surface area (Å²) in [6.45, 7) is 8.56. The standard InChI is InChI=1S/C28H35N3O4S/c1-5-19(17-32)31-23-26(35)29(18(2)3)15-10-14-28(23)22(25(31)34)21-24(33)30(20-11-7-6-8-12-20)16-9-13-27(21,4)36-28/h6-14,18-19,21-23,32H,5,15-17H2,1-4H3/t19-,21+,22-,23?,27-,28-/m0/s1. The van der Waals surface area contributed by atoms with Gasteiger partial charge in [0.1, 0.15) is 6.04 Å². The average molecular weight is 510 g/mol. The highest BCUT2D eigenvalue weighted by Crippen LogP contribution is 2.66. The van der Waals surface area contributed by atoms with E-state index in [1.165, 1.54) is 0 Å². The van der Waals surface area contributed by atoms with Crippen LogP contribution in [0.25, 0.3) is 0 Å². The van der Waals surface area contributed by atoms with Crippen molar-refractivity contribution in [1.29, 1.82) is 0 Å². The van der Waals surface area contributed by atoms with Gasteiger partial charge in [-0.05, 0) is 39.3 Å². The van der Waals surface area contributed by atoms with E-state index in [1.54, 1.807) is 26.5 Å². The molecular weight excluding hydrogens is 474 g/mol. The molecule has 4 aliphatic heterocycles. The minimum absolute atomic E-state index is 0.0370. The first kappa shape index (κ1) is 25.1. The lowest BCUT2D eigenvalue weighted by atomic mass is 9.74. The molecule has 2 saturated heterocycles. The molecule has 0 saturated carbocycles. The Morgan fingerprint density at radius 2 is 1.69 bits per heavy atom. The molecule has 192 valence electrons. The van der Waals surface area contributed by atoms with Gasteiger partial charge in [-0.3, -0.25) is 14.4 Å². The number of aliphatic hydroxyl groups excluding tert-OH is 1. The number of nitrogens with zero attached hydrogens (tertiary/aromatic N) is 3. The fourth-order valence-corrected chi connectivity index (χ4v) is 8.73. The van der Waals surface area contributed by atoms with Crippen molar-refractivity contribution in [3.8, 4) is 0 Å². The van der Waals surface area contributed by atoms with Crippen molar-refractivity contribution in [2.75, 3.05) is 24.6 Å². The summed E-state index contributed by atoms with van der Waals surface area (Å²) in [4.78, 5) is 47.9. The average Bonchev–Trinajstić information content (AvgIpc) is 3.12. The van der Waals surface area contributed by atoms with Crippen LogP contribution < -0.4 is 4.90 Å². The molecule has 0 radical (unpaired) electrons. The summed E-state index contributed by atoms with van der Waals surface area (Å²) >= 11 is 1.58. The van der Waals surface area contributed by atoms with Crippen molar-refractivity contribution < 1.29 is 19.5 Å². The first-order valence-corrected chi connectivity index (χ1v) is 13.7. The first-order valence-electron chi connectivity index (χ1n) is 12.9. The molecule has 0 bridgehead atoms. The predicted molar refractivity (Wildman–Crippen MR) is 141 cm³/mol. The van der Waals surface area contributed by atoms with Crippen molar-refractivity contribution in [3.05, 3.63) is 54.6 Å². The number of carbonyl (C=O) groups excluding carboxylic acids is 3. The number of benzene rings is 1. The Morgan fingerprint density at radius 3 is 2.33 bits per heavy atom. The lowest BCUT2D eigenvalue weighted by Gasteiger charge is -2.40. The second kappa shape index (κ2) is 9.06. The zero-order valence-electron chi connectivity index (χ0n) is 21.3. The molecule has 6 atom stereocenters. The molecule has 4 aliphatic rings. The van der Waals surface area contributed by atoms with Crippen LogP contribution in [0.15, 0.2) is 54.6 Å². The van der Waals surface area contributed by atoms with Crippen molar-refractivity contribution in [2.45, 2.75) is 61.7 Å². The van der Waals surface area contributed by atoms with E-state index < -0.39 is 33.4 Å². The number of amides is 3. The molecule has 1 N–H and O–H groups in total. The highest BCUT2D eigenvalue weighted by atomic mass is 32.2. The van der Waals surface area contributed by atoms with Gasteiger partial charge in [0, 0.05) is 29.6 Å². The lowest BCUT2D eigenvalue weighted by molar-refractivity contribution is -0.146. The maximum Gasteiger partial charge on any atom is 0.247 e. The number of aliphatic hydroxyl groups is 1. The van der Waals surface area contributed by atoms with Crippen LogP contribution in [-0.2, 0) is 14.4 Å². The molecule has 1 unspecified atom stereocenters. The van der Waals surface area contributed by atoms with Gasteiger partial charge < -0.3 is 19.8 Å². The smallest absolute Gasteiger partial charge is 0.247 e. The molecular formula is C28H35N3O4S. The Hall–Kier alpha value is -2.58. The Kier molecular flexibility index (Phi) is 6.32. The van der Waals surface area contributed by atoms with Crippen LogP contribution in [0.3, 0.4) is 0 Å². The van der Waals surface area contributed by atoms with Gasteiger partial charge in [0.2, 0.25) is 17.7 Å². The summed E-state index contributed by atoms with van der Waals surface area (Å²) in [6, 6.07) is 8.25. The quantitative estimate of drug-likeness (QED) is 0.618. The summed E-state index contributed by atoms with van der Waals surface area (Å²) in [5.74, 6) is -1.75. The van der Waals surface area contributed by atoms with Crippen molar-refractivity contribution in [2.24, 2.45) is 11.8 Å². The summed E-state index contributed by atoms with van der Waals surface area (Å²) < 4.78 is -1.54. The predicted octanol–water partition coefficient (Wildman–Crippen LogP) is 2.85. The number of thioether (sulfide) groups is 1. The van der Waals surface area contributed by atoms with Crippen LogP contribution in [0.1, 0.15) is 34.1 Å². The molecule has 5 rings (SSSR count). The fourth-order valence-electron chi connectivity index (χ4n) is 6.59. The van der Waals surface area contributed by atoms with Gasteiger partial charge in [-0.15, -0.1) is 11.8 Å². The topological polar surface area (TPSA) is 81.2 Å². The lowest BCUT2D eigenvalue weighted by Crippen LogP contribution is -2.57. The van der Waals surface area contributed by atoms with Gasteiger partial charge in [-0.1, -0.05) is 49.4 Å². The molecule has 0 aromatic heterocycles. The highest BCUT2D eigenvalue weighted by Gasteiger charge is 2.74. The van der Waals surface area contributed by atoms with Gasteiger partial charge in [0.25, 0.3) is 0 Å². The Morgan fingerprint density at radius 1 is 1.00 bits per heavy atom. The van der Waals surface area contributed by atoms with E-state index in [0.717, 1.165) is 5.69 Å². The summed E-state index contributed by atoms with van der Waals surface area (Å²) in [5, 5.41) is 10.2. The van der Waals surface area contributed by atoms with E-state index in [9.17, 15) is 19.5 Å². The van der Waals surface area contributed by atoms with Crippen LogP contribution >= 0.6 is 11.8 Å². The number of fused-ring (bicyclic) bond motifs is 2. The van der Waals surface area contributed by atoms with E-state index in [-0.39, 0.29) is 30.4 Å². The SMILES string of the molecule is CC[C@@H](CO)N1C(=O)[C@@H]2[C@@H]3C(=O)N(c4ccccc4)CC=C[C@]3(C)S[C@@]23C=CCN(C(C)C)C(=O)C13. The molecule has 1 spiro atoms. The zero-order valence-corrected chi connectivity index (χ0v) is 22.1.